The van der Waals surface area contributed by atoms with Gasteiger partial charge in [-0.1, -0.05) is 63.5 Å². The van der Waals surface area contributed by atoms with Gasteiger partial charge in [-0.3, -0.25) is 19.3 Å². The Labute approximate surface area is 235 Å². The van der Waals surface area contributed by atoms with Gasteiger partial charge < -0.3 is 10.0 Å². The van der Waals surface area contributed by atoms with Crippen LogP contribution in [0.15, 0.2) is 34.2 Å². The van der Waals surface area contributed by atoms with Crippen molar-refractivity contribution in [3.63, 3.8) is 0 Å². The van der Waals surface area contributed by atoms with Crippen molar-refractivity contribution in [3.8, 4) is 0 Å². The van der Waals surface area contributed by atoms with Gasteiger partial charge >= 0.3 is 5.97 Å². The first-order valence-electron chi connectivity index (χ1n) is 12.9. The first-order chi connectivity index (χ1) is 17.8. The number of carbonyl (C=O) groups is 4. The molecule has 4 atom stereocenters. The Bertz CT molecular complexity index is 1270. The molecule has 0 unspecified atom stereocenters. The maximum Gasteiger partial charge on any atom is 0.330 e. The van der Waals surface area contributed by atoms with Crippen molar-refractivity contribution in [2.24, 2.45) is 17.8 Å². The number of carbonyl (C=O) groups excluding carboxylic acids is 3. The Kier molecular flexibility index (Phi) is 7.62. The average Bonchev–Trinajstić information content (AvgIpc) is 3.50. The molecule has 2 fully saturated rings. The highest BCUT2D eigenvalue weighted by Crippen LogP contribution is 2.58. The lowest BCUT2D eigenvalue weighted by Crippen LogP contribution is -2.60. The van der Waals surface area contributed by atoms with Gasteiger partial charge in [0.15, 0.2) is 5.54 Å². The van der Waals surface area contributed by atoms with Crippen LogP contribution in [-0.2, 0) is 19.8 Å². The second-order valence-corrected chi connectivity index (χ2v) is 13.4. The van der Waals surface area contributed by atoms with Gasteiger partial charge in [0.05, 0.1) is 17.9 Å². The summed E-state index contributed by atoms with van der Waals surface area (Å²) in [5, 5.41) is 13.0. The number of benzene rings is 1. The van der Waals surface area contributed by atoms with Crippen molar-refractivity contribution >= 4 is 51.0 Å². The third-order valence-corrected chi connectivity index (χ3v) is 8.99. The summed E-state index contributed by atoms with van der Waals surface area (Å²) in [4.78, 5) is 62.2. The average molecular weight is 605 g/mol. The number of aromatic nitrogens is 1. The second kappa shape index (κ2) is 10.2. The molecule has 3 amide bonds. The molecule has 2 saturated heterocycles. The van der Waals surface area contributed by atoms with Crippen LogP contribution >= 0.6 is 27.3 Å². The molecule has 0 spiro atoms. The van der Waals surface area contributed by atoms with Crippen molar-refractivity contribution < 1.29 is 24.3 Å². The maximum absolute atomic E-state index is 14.4. The molecule has 10 heteroatoms. The number of imide groups is 1. The van der Waals surface area contributed by atoms with E-state index in [-0.39, 0.29) is 29.9 Å². The van der Waals surface area contributed by atoms with E-state index >= 15 is 0 Å². The summed E-state index contributed by atoms with van der Waals surface area (Å²) < 4.78 is 0.729. The van der Waals surface area contributed by atoms with Gasteiger partial charge in [-0.2, -0.15) is 0 Å². The molecule has 0 radical (unpaired) electrons. The van der Waals surface area contributed by atoms with Gasteiger partial charge in [-0.15, -0.1) is 11.3 Å². The van der Waals surface area contributed by atoms with Crippen LogP contribution < -0.4 is 0 Å². The summed E-state index contributed by atoms with van der Waals surface area (Å²) in [7, 11) is 0. The number of hydrogen-bond donors (Lipinski definition) is 1. The summed E-state index contributed by atoms with van der Waals surface area (Å²) >= 11 is 4.85. The summed E-state index contributed by atoms with van der Waals surface area (Å²) in [5.74, 6) is -5.16. The van der Waals surface area contributed by atoms with E-state index in [4.69, 9.17) is 0 Å². The fourth-order valence-corrected chi connectivity index (χ4v) is 7.84. The van der Waals surface area contributed by atoms with Crippen molar-refractivity contribution in [2.45, 2.75) is 71.4 Å². The van der Waals surface area contributed by atoms with E-state index in [1.807, 2.05) is 26.8 Å². The highest BCUT2D eigenvalue weighted by Gasteiger charge is 2.73. The summed E-state index contributed by atoms with van der Waals surface area (Å²) in [6.07, 6.45) is 2.15. The van der Waals surface area contributed by atoms with E-state index in [0.717, 1.165) is 10.0 Å². The molecule has 0 saturated carbocycles. The van der Waals surface area contributed by atoms with E-state index in [9.17, 15) is 24.3 Å². The number of carboxylic acid groups (broad SMARTS) is 1. The lowest BCUT2D eigenvalue weighted by Gasteiger charge is -2.41. The molecule has 38 heavy (non-hydrogen) atoms. The van der Waals surface area contributed by atoms with Crippen molar-refractivity contribution in [1.29, 1.82) is 0 Å². The van der Waals surface area contributed by atoms with Gasteiger partial charge in [0.1, 0.15) is 5.01 Å². The Balaban J connectivity index is 1.97. The molecule has 1 N–H and O–H groups in total. The summed E-state index contributed by atoms with van der Waals surface area (Å²) in [6.45, 7) is 12.0. The molecule has 3 heterocycles. The fourth-order valence-electron chi connectivity index (χ4n) is 6.09. The lowest BCUT2D eigenvalue weighted by molar-refractivity contribution is -0.157. The number of thiazole rings is 1. The molecule has 2 aromatic rings. The van der Waals surface area contributed by atoms with Gasteiger partial charge in [-0.05, 0) is 41.9 Å². The molecule has 0 bridgehead atoms. The molecule has 2 aliphatic rings. The Morgan fingerprint density at radius 2 is 1.89 bits per heavy atom. The zero-order chi connectivity index (χ0) is 28.2. The number of halogens is 1. The number of hydrogen-bond acceptors (Lipinski definition) is 6. The smallest absolute Gasteiger partial charge is 0.330 e. The maximum atomic E-state index is 14.4. The van der Waals surface area contributed by atoms with Crippen LogP contribution in [0, 0.1) is 17.8 Å². The Hall–Kier alpha value is -2.59. The van der Waals surface area contributed by atoms with Crippen LogP contribution in [0.25, 0.3) is 0 Å². The van der Waals surface area contributed by atoms with Crippen LogP contribution in [0.1, 0.15) is 81.4 Å². The minimum absolute atomic E-state index is 0.0251. The summed E-state index contributed by atoms with van der Waals surface area (Å²) in [6, 6.07) is 4.28. The Morgan fingerprint density at radius 3 is 2.39 bits per heavy atom. The van der Waals surface area contributed by atoms with Crippen LogP contribution in [-0.4, -0.2) is 55.7 Å². The molecule has 204 valence electrons. The largest absolute Gasteiger partial charge is 0.479 e. The van der Waals surface area contributed by atoms with Crippen molar-refractivity contribution in [2.75, 3.05) is 6.54 Å². The monoisotopic (exact) mass is 603 g/mol. The normalized spacial score (nSPS) is 25.4. The fraction of sp³-hybridized carbons (Fsp3) is 0.536. The first kappa shape index (κ1) is 28.4. The number of nitrogens with zero attached hydrogens (tertiary/aromatic N) is 3. The predicted molar refractivity (Wildman–Crippen MR) is 148 cm³/mol. The van der Waals surface area contributed by atoms with Crippen molar-refractivity contribution in [3.05, 3.63) is 50.4 Å². The molecular formula is C28H34BrN3O5S. The van der Waals surface area contributed by atoms with E-state index < -0.39 is 47.1 Å². The lowest BCUT2D eigenvalue weighted by atomic mass is 9.75. The number of fused-ring (bicyclic) bond motifs is 1. The Morgan fingerprint density at radius 1 is 1.21 bits per heavy atom. The molecular weight excluding hydrogens is 570 g/mol. The topological polar surface area (TPSA) is 108 Å². The molecule has 0 aliphatic carbocycles. The molecule has 8 nitrogen and oxygen atoms in total. The van der Waals surface area contributed by atoms with Crippen LogP contribution in [0.3, 0.4) is 0 Å². The highest BCUT2D eigenvalue weighted by molar-refractivity contribution is 9.10. The number of rotatable bonds is 7. The van der Waals surface area contributed by atoms with E-state index in [0.29, 0.717) is 11.4 Å². The standard InChI is InChI=1S/C28H34BrN3O5S/c1-7-11-31-24(34)19-20(25(31)35)28(26(36)37,14-15(2)3)32(21(19)22-30-10-12-38-22)23(33)16-8-9-17(18(29)13-16)27(4,5)6/h8-10,12-13,15,19-21H,7,11,14H2,1-6H3,(H,36,37)/t19-,20-,21+,28-/m0/s1. The van der Waals surface area contributed by atoms with Gasteiger partial charge in [0.2, 0.25) is 11.8 Å². The van der Waals surface area contributed by atoms with E-state index in [1.54, 1.807) is 23.7 Å². The molecule has 1 aromatic heterocycles. The second-order valence-electron chi connectivity index (χ2n) is 11.6. The summed E-state index contributed by atoms with van der Waals surface area (Å²) in [5.41, 5.74) is -0.808. The third-order valence-electron chi connectivity index (χ3n) is 7.49. The number of likely N-dealkylation sites (tertiary alicyclic amines) is 2. The highest BCUT2D eigenvalue weighted by atomic mass is 79.9. The van der Waals surface area contributed by atoms with E-state index in [1.165, 1.54) is 21.1 Å². The van der Waals surface area contributed by atoms with Crippen LogP contribution in [0.5, 0.6) is 0 Å². The third kappa shape index (κ3) is 4.39. The van der Waals surface area contributed by atoms with Crippen molar-refractivity contribution in [1.82, 2.24) is 14.8 Å². The minimum Gasteiger partial charge on any atom is -0.479 e. The predicted octanol–water partition coefficient (Wildman–Crippen LogP) is 5.28. The molecule has 2 aliphatic heterocycles. The van der Waals surface area contributed by atoms with Gasteiger partial charge in [0, 0.05) is 28.2 Å². The van der Waals surface area contributed by atoms with E-state index in [2.05, 4.69) is 41.7 Å². The zero-order valence-electron chi connectivity index (χ0n) is 22.5. The number of aliphatic carboxylic acids is 1. The molecule has 4 rings (SSSR count). The van der Waals surface area contributed by atoms with Gasteiger partial charge in [0.25, 0.3) is 5.91 Å². The molecule has 1 aromatic carbocycles. The minimum atomic E-state index is -1.91. The first-order valence-corrected chi connectivity index (χ1v) is 14.6. The van der Waals surface area contributed by atoms with Gasteiger partial charge in [-0.25, -0.2) is 9.78 Å². The SMILES string of the molecule is CCCN1C(=O)[C@H]2[C@@H](C1=O)[C@@](CC(C)C)(C(=O)O)N(C(=O)c1ccc(C(C)(C)C)c(Br)c1)[C@H]2c1nccs1. The number of carboxylic acids is 1. The van der Waals surface area contributed by atoms with Crippen LogP contribution in [0.2, 0.25) is 0 Å². The zero-order valence-corrected chi connectivity index (χ0v) is 24.9. The number of amides is 3. The van der Waals surface area contributed by atoms with Crippen LogP contribution in [0.4, 0.5) is 0 Å². The quantitative estimate of drug-likeness (QED) is 0.431.